The van der Waals surface area contributed by atoms with Crippen LogP contribution in [0.2, 0.25) is 5.02 Å². The van der Waals surface area contributed by atoms with Crippen LogP contribution in [0.4, 0.5) is 10.8 Å². The summed E-state index contributed by atoms with van der Waals surface area (Å²) < 4.78 is 26.2. The fraction of sp³-hybridized carbons (Fsp3) is 0.348. The summed E-state index contributed by atoms with van der Waals surface area (Å²) in [6.07, 6.45) is 0.854. The molecule has 1 fully saturated rings. The van der Waals surface area contributed by atoms with E-state index in [-0.39, 0.29) is 9.92 Å². The smallest absolute Gasteiger partial charge is 0.289 e. The van der Waals surface area contributed by atoms with E-state index in [9.17, 15) is 18.5 Å². The van der Waals surface area contributed by atoms with Gasteiger partial charge in [-0.05, 0) is 56.9 Å². The lowest BCUT2D eigenvalue weighted by atomic mass is 9.98. The molecular weight excluding hydrogens is 482 g/mol. The van der Waals surface area contributed by atoms with Crippen LogP contribution >= 0.6 is 22.9 Å². The Labute approximate surface area is 202 Å². The van der Waals surface area contributed by atoms with Crippen molar-refractivity contribution in [3.05, 3.63) is 67.5 Å². The van der Waals surface area contributed by atoms with Gasteiger partial charge < -0.3 is 4.90 Å². The van der Waals surface area contributed by atoms with Crippen molar-refractivity contribution in [2.45, 2.75) is 43.8 Å². The number of aromatic nitrogens is 1. The van der Waals surface area contributed by atoms with Gasteiger partial charge in [-0.2, -0.15) is 0 Å². The van der Waals surface area contributed by atoms with E-state index in [2.05, 4.69) is 43.2 Å². The van der Waals surface area contributed by atoms with Crippen molar-refractivity contribution in [2.75, 3.05) is 18.0 Å². The first kappa shape index (κ1) is 23.7. The molecule has 3 aromatic rings. The van der Waals surface area contributed by atoms with Gasteiger partial charge in [0.1, 0.15) is 5.02 Å². The largest absolute Gasteiger partial charge is 0.348 e. The van der Waals surface area contributed by atoms with E-state index in [1.54, 1.807) is 11.3 Å². The van der Waals surface area contributed by atoms with Crippen molar-refractivity contribution in [2.24, 2.45) is 0 Å². The molecule has 1 aromatic heterocycles. The Bertz CT molecular complexity index is 1310. The number of rotatable bonds is 5. The number of sulfone groups is 1. The molecule has 0 unspecified atom stereocenters. The zero-order valence-electron chi connectivity index (χ0n) is 18.5. The maximum Gasteiger partial charge on any atom is 0.289 e. The monoisotopic (exact) mass is 505 g/mol. The normalized spacial score (nSPS) is 15.1. The van der Waals surface area contributed by atoms with Crippen molar-refractivity contribution in [3.63, 3.8) is 0 Å². The van der Waals surface area contributed by atoms with Crippen LogP contribution in [0.25, 0.3) is 11.3 Å². The molecule has 0 spiro atoms. The third-order valence-electron chi connectivity index (χ3n) is 6.02. The molecule has 7 nitrogen and oxygen atoms in total. The predicted molar refractivity (Wildman–Crippen MR) is 132 cm³/mol. The molecule has 174 valence electrons. The van der Waals surface area contributed by atoms with Crippen LogP contribution in [0.1, 0.15) is 29.5 Å². The molecule has 33 heavy (non-hydrogen) atoms. The van der Waals surface area contributed by atoms with Gasteiger partial charge in [0.05, 0.1) is 20.8 Å². The molecule has 0 amide bonds. The summed E-state index contributed by atoms with van der Waals surface area (Å²) in [5, 5.41) is 13.4. The highest BCUT2D eigenvalue weighted by Crippen LogP contribution is 2.35. The number of nitrogens with zero attached hydrogens (tertiary/aromatic N) is 3. The highest BCUT2D eigenvalue weighted by Gasteiger charge is 2.33. The van der Waals surface area contributed by atoms with E-state index in [0.29, 0.717) is 25.9 Å². The molecule has 1 aliphatic heterocycles. The molecule has 1 aliphatic rings. The van der Waals surface area contributed by atoms with Crippen LogP contribution in [0.15, 0.2) is 40.6 Å². The van der Waals surface area contributed by atoms with E-state index >= 15 is 0 Å². The van der Waals surface area contributed by atoms with Crippen LogP contribution in [0, 0.1) is 30.9 Å². The number of nitro groups is 1. The number of hydrogen-bond donors (Lipinski definition) is 0. The molecule has 0 bridgehead atoms. The predicted octanol–water partition coefficient (Wildman–Crippen LogP) is 5.74. The van der Waals surface area contributed by atoms with Gasteiger partial charge in [-0.3, -0.25) is 10.1 Å². The van der Waals surface area contributed by atoms with Gasteiger partial charge in [-0.15, -0.1) is 11.3 Å². The SMILES string of the molecule is Cc1cc(C)c(-c2csc(N3CCC(S(=O)(=O)c4ccc(Cl)c([N+](=O)[O-])c4)CC3)n2)c(C)c1. The third-order valence-corrected chi connectivity index (χ3v) is 9.50. The van der Waals surface area contributed by atoms with Gasteiger partial charge in [-0.1, -0.05) is 29.3 Å². The number of halogens is 1. The first-order chi connectivity index (χ1) is 15.6. The molecule has 2 heterocycles. The van der Waals surface area contributed by atoms with Crippen LogP contribution in [-0.2, 0) is 9.84 Å². The fourth-order valence-electron chi connectivity index (χ4n) is 4.47. The Balaban J connectivity index is 1.50. The van der Waals surface area contributed by atoms with E-state index in [1.807, 2.05) is 0 Å². The van der Waals surface area contributed by atoms with Crippen LogP contribution in [0.5, 0.6) is 0 Å². The summed E-state index contributed by atoms with van der Waals surface area (Å²) in [5.41, 5.74) is 5.28. The first-order valence-corrected chi connectivity index (χ1v) is 13.3. The summed E-state index contributed by atoms with van der Waals surface area (Å²) in [7, 11) is -3.70. The highest BCUT2D eigenvalue weighted by molar-refractivity contribution is 7.92. The number of hydrogen-bond acceptors (Lipinski definition) is 7. The molecule has 0 saturated carbocycles. The molecule has 0 N–H and O–H groups in total. The average Bonchev–Trinajstić information content (AvgIpc) is 3.22. The molecule has 0 aliphatic carbocycles. The molecule has 4 rings (SSSR count). The highest BCUT2D eigenvalue weighted by atomic mass is 35.5. The number of thiazole rings is 1. The van der Waals surface area contributed by atoms with Gasteiger partial charge in [0.25, 0.3) is 5.69 Å². The maximum atomic E-state index is 13.1. The number of benzene rings is 2. The van der Waals surface area contributed by atoms with Gasteiger partial charge in [0.15, 0.2) is 15.0 Å². The van der Waals surface area contributed by atoms with Crippen molar-refractivity contribution in [1.29, 1.82) is 0 Å². The Hall–Kier alpha value is -2.49. The minimum Gasteiger partial charge on any atom is -0.348 e. The van der Waals surface area contributed by atoms with Crippen LogP contribution < -0.4 is 4.90 Å². The van der Waals surface area contributed by atoms with E-state index in [4.69, 9.17) is 16.6 Å². The van der Waals surface area contributed by atoms with E-state index in [1.165, 1.54) is 28.8 Å². The summed E-state index contributed by atoms with van der Waals surface area (Å²) in [4.78, 5) is 17.4. The van der Waals surface area contributed by atoms with Crippen LogP contribution in [0.3, 0.4) is 0 Å². The van der Waals surface area contributed by atoms with Crippen molar-refractivity contribution in [1.82, 2.24) is 4.98 Å². The second-order valence-electron chi connectivity index (χ2n) is 8.39. The molecule has 0 radical (unpaired) electrons. The molecule has 1 saturated heterocycles. The molecule has 0 atom stereocenters. The molecule has 2 aromatic carbocycles. The third kappa shape index (κ3) is 4.62. The molecular formula is C23H24ClN3O4S2. The quantitative estimate of drug-likeness (QED) is 0.324. The Morgan fingerprint density at radius 3 is 2.36 bits per heavy atom. The Morgan fingerprint density at radius 2 is 1.76 bits per heavy atom. The summed E-state index contributed by atoms with van der Waals surface area (Å²) in [6, 6.07) is 7.98. The van der Waals surface area contributed by atoms with Gasteiger partial charge in [0, 0.05) is 30.1 Å². The van der Waals surface area contributed by atoms with Gasteiger partial charge in [0.2, 0.25) is 0 Å². The lowest BCUT2D eigenvalue weighted by Gasteiger charge is -2.31. The van der Waals surface area contributed by atoms with Gasteiger partial charge in [-0.25, -0.2) is 13.4 Å². The Morgan fingerprint density at radius 1 is 1.12 bits per heavy atom. The zero-order chi connectivity index (χ0) is 23.9. The fourth-order valence-corrected chi connectivity index (χ4v) is 7.27. The zero-order valence-corrected chi connectivity index (χ0v) is 20.9. The number of anilines is 1. The summed E-state index contributed by atoms with van der Waals surface area (Å²) in [6.45, 7) is 7.37. The summed E-state index contributed by atoms with van der Waals surface area (Å²) in [5.74, 6) is 0. The lowest BCUT2D eigenvalue weighted by molar-refractivity contribution is -0.384. The number of nitro benzene ring substituents is 1. The van der Waals surface area contributed by atoms with E-state index in [0.717, 1.165) is 22.5 Å². The molecule has 10 heteroatoms. The maximum absolute atomic E-state index is 13.1. The van der Waals surface area contributed by atoms with Gasteiger partial charge >= 0.3 is 0 Å². The van der Waals surface area contributed by atoms with E-state index < -0.39 is 25.7 Å². The number of piperidine rings is 1. The number of aryl methyl sites for hydroxylation is 3. The minimum atomic E-state index is -3.70. The Kier molecular flexibility index (Phi) is 6.48. The second-order valence-corrected chi connectivity index (χ2v) is 11.9. The van der Waals surface area contributed by atoms with Crippen molar-refractivity contribution in [3.8, 4) is 11.3 Å². The van der Waals surface area contributed by atoms with Crippen molar-refractivity contribution >= 4 is 43.6 Å². The summed E-state index contributed by atoms with van der Waals surface area (Å²) >= 11 is 7.40. The van der Waals surface area contributed by atoms with Crippen LogP contribution in [-0.4, -0.2) is 36.7 Å². The minimum absolute atomic E-state index is 0.0566. The lowest BCUT2D eigenvalue weighted by Crippen LogP contribution is -2.39. The second kappa shape index (κ2) is 9.04. The topological polar surface area (TPSA) is 93.4 Å². The average molecular weight is 506 g/mol. The van der Waals surface area contributed by atoms with Crippen molar-refractivity contribution < 1.29 is 13.3 Å². The first-order valence-electron chi connectivity index (χ1n) is 10.5. The standard InChI is InChI=1S/C23H24ClN3O4S2/c1-14-10-15(2)22(16(3)11-14)20-13-32-23(25-20)26-8-6-17(7-9-26)33(30,31)18-4-5-19(24)21(12-18)27(28)29/h4-5,10-13,17H,6-9H2,1-3H3.